The summed E-state index contributed by atoms with van der Waals surface area (Å²) in [5.74, 6) is -0.483. The van der Waals surface area contributed by atoms with Gasteiger partial charge < -0.3 is 14.5 Å². The number of benzene rings is 1. The standard InChI is InChI=1S/C13H13BrN2O3/c1-2-18-12(17)11-8-19-13(16-11)15-7-9-3-5-10(14)6-4-9/h3-6,8H,2,7H2,1H3,(H,15,16). The van der Waals surface area contributed by atoms with Crippen molar-refractivity contribution in [1.29, 1.82) is 0 Å². The molecule has 0 aliphatic rings. The van der Waals surface area contributed by atoms with Crippen molar-refractivity contribution in [1.82, 2.24) is 4.98 Å². The van der Waals surface area contributed by atoms with Gasteiger partial charge in [-0.1, -0.05) is 28.1 Å². The van der Waals surface area contributed by atoms with Gasteiger partial charge in [0.05, 0.1) is 6.61 Å². The number of carbonyl (C=O) groups excluding carboxylic acids is 1. The fraction of sp³-hybridized carbons (Fsp3) is 0.231. The predicted molar refractivity (Wildman–Crippen MR) is 73.9 cm³/mol. The third kappa shape index (κ3) is 3.82. The van der Waals surface area contributed by atoms with E-state index in [1.807, 2.05) is 24.3 Å². The van der Waals surface area contributed by atoms with Gasteiger partial charge in [-0.05, 0) is 24.6 Å². The van der Waals surface area contributed by atoms with Crippen LogP contribution in [0.5, 0.6) is 0 Å². The topological polar surface area (TPSA) is 64.4 Å². The van der Waals surface area contributed by atoms with Gasteiger partial charge in [0.25, 0.3) is 6.01 Å². The molecule has 5 nitrogen and oxygen atoms in total. The van der Waals surface area contributed by atoms with Crippen LogP contribution in [0.1, 0.15) is 23.0 Å². The fourth-order valence-corrected chi connectivity index (χ4v) is 1.70. The quantitative estimate of drug-likeness (QED) is 0.855. The monoisotopic (exact) mass is 324 g/mol. The van der Waals surface area contributed by atoms with E-state index in [0.29, 0.717) is 19.2 Å². The number of hydrogen-bond acceptors (Lipinski definition) is 5. The van der Waals surface area contributed by atoms with Gasteiger partial charge in [-0.2, -0.15) is 4.98 Å². The van der Waals surface area contributed by atoms with Crippen LogP contribution in [0.2, 0.25) is 0 Å². The lowest BCUT2D eigenvalue weighted by Crippen LogP contribution is -2.05. The molecule has 0 fully saturated rings. The first kappa shape index (κ1) is 13.6. The summed E-state index contributed by atoms with van der Waals surface area (Å²) in [6.45, 7) is 2.62. The third-order valence-corrected chi connectivity index (χ3v) is 2.87. The largest absolute Gasteiger partial charge is 0.461 e. The molecule has 2 rings (SSSR count). The minimum absolute atomic E-state index is 0.167. The van der Waals surface area contributed by atoms with Gasteiger partial charge in [0.15, 0.2) is 5.69 Å². The molecule has 0 bridgehead atoms. The molecule has 1 heterocycles. The summed E-state index contributed by atoms with van der Waals surface area (Å²) in [5.41, 5.74) is 1.25. The Bertz CT molecular complexity index is 551. The van der Waals surface area contributed by atoms with Crippen molar-refractivity contribution >= 4 is 27.9 Å². The molecule has 0 aliphatic carbocycles. The lowest BCUT2D eigenvalue weighted by molar-refractivity contribution is 0.0519. The summed E-state index contributed by atoms with van der Waals surface area (Å²) >= 11 is 3.37. The highest BCUT2D eigenvalue weighted by molar-refractivity contribution is 9.10. The molecule has 0 spiro atoms. The number of rotatable bonds is 5. The van der Waals surface area contributed by atoms with E-state index >= 15 is 0 Å². The number of anilines is 1. The van der Waals surface area contributed by atoms with Crippen LogP contribution in [0, 0.1) is 0 Å². The minimum Gasteiger partial charge on any atom is -0.461 e. The van der Waals surface area contributed by atoms with Gasteiger partial charge in [0.2, 0.25) is 0 Å². The van der Waals surface area contributed by atoms with Crippen LogP contribution >= 0.6 is 15.9 Å². The number of nitrogens with one attached hydrogen (secondary N) is 1. The van der Waals surface area contributed by atoms with E-state index in [9.17, 15) is 4.79 Å². The first-order chi connectivity index (χ1) is 9.19. The zero-order valence-corrected chi connectivity index (χ0v) is 11.9. The second-order valence-corrected chi connectivity index (χ2v) is 4.65. The zero-order chi connectivity index (χ0) is 13.7. The number of aromatic nitrogens is 1. The molecule has 0 aliphatic heterocycles. The van der Waals surface area contributed by atoms with Gasteiger partial charge >= 0.3 is 5.97 Å². The van der Waals surface area contributed by atoms with E-state index in [-0.39, 0.29) is 5.69 Å². The SMILES string of the molecule is CCOC(=O)c1coc(NCc2ccc(Br)cc2)n1. The fourth-order valence-electron chi connectivity index (χ4n) is 1.43. The zero-order valence-electron chi connectivity index (χ0n) is 10.4. The van der Waals surface area contributed by atoms with E-state index in [4.69, 9.17) is 9.15 Å². The normalized spacial score (nSPS) is 10.2. The van der Waals surface area contributed by atoms with Gasteiger partial charge in [-0.25, -0.2) is 4.79 Å². The summed E-state index contributed by atoms with van der Waals surface area (Å²) in [6.07, 6.45) is 1.28. The van der Waals surface area contributed by atoms with Crippen molar-refractivity contribution in [3.05, 3.63) is 46.3 Å². The molecule has 0 unspecified atom stereocenters. The molecule has 0 amide bonds. The molecule has 1 aromatic carbocycles. The summed E-state index contributed by atoms with van der Waals surface area (Å²) in [4.78, 5) is 15.4. The number of esters is 1. The van der Waals surface area contributed by atoms with Crippen LogP contribution in [0.15, 0.2) is 39.4 Å². The van der Waals surface area contributed by atoms with Crippen molar-refractivity contribution < 1.29 is 13.9 Å². The lowest BCUT2D eigenvalue weighted by atomic mass is 10.2. The molecule has 19 heavy (non-hydrogen) atoms. The van der Waals surface area contributed by atoms with Crippen LogP contribution < -0.4 is 5.32 Å². The van der Waals surface area contributed by atoms with Gasteiger partial charge in [-0.15, -0.1) is 0 Å². The lowest BCUT2D eigenvalue weighted by Gasteiger charge is -2.01. The number of carbonyl (C=O) groups is 1. The minimum atomic E-state index is -0.483. The van der Waals surface area contributed by atoms with Crippen LogP contribution in [0.3, 0.4) is 0 Å². The molecule has 100 valence electrons. The number of nitrogens with zero attached hydrogens (tertiary/aromatic N) is 1. The van der Waals surface area contributed by atoms with E-state index in [2.05, 4.69) is 26.2 Å². The second-order valence-electron chi connectivity index (χ2n) is 3.74. The summed E-state index contributed by atoms with van der Waals surface area (Å²) in [5, 5.41) is 3.00. The van der Waals surface area contributed by atoms with Crippen molar-refractivity contribution in [2.75, 3.05) is 11.9 Å². The van der Waals surface area contributed by atoms with Crippen LogP contribution in [-0.2, 0) is 11.3 Å². The molecule has 0 saturated carbocycles. The maximum absolute atomic E-state index is 11.4. The maximum atomic E-state index is 11.4. The molecular weight excluding hydrogens is 312 g/mol. The molecule has 6 heteroatoms. The van der Waals surface area contributed by atoms with Crippen LogP contribution in [0.4, 0.5) is 6.01 Å². The van der Waals surface area contributed by atoms with Crippen molar-refractivity contribution in [3.63, 3.8) is 0 Å². The maximum Gasteiger partial charge on any atom is 0.360 e. The Morgan fingerprint density at radius 3 is 2.84 bits per heavy atom. The Morgan fingerprint density at radius 2 is 2.16 bits per heavy atom. The number of oxazole rings is 1. The van der Waals surface area contributed by atoms with Gasteiger partial charge in [-0.3, -0.25) is 0 Å². The highest BCUT2D eigenvalue weighted by Gasteiger charge is 2.12. The molecule has 1 N–H and O–H groups in total. The van der Waals surface area contributed by atoms with Crippen molar-refractivity contribution in [3.8, 4) is 0 Å². The number of hydrogen-bond donors (Lipinski definition) is 1. The third-order valence-electron chi connectivity index (χ3n) is 2.35. The summed E-state index contributed by atoms with van der Waals surface area (Å²) in [7, 11) is 0. The molecule has 2 aromatic rings. The molecule has 0 radical (unpaired) electrons. The van der Waals surface area contributed by atoms with E-state index in [1.54, 1.807) is 6.92 Å². The average Bonchev–Trinajstić information content (AvgIpc) is 2.87. The summed E-state index contributed by atoms with van der Waals surface area (Å²) < 4.78 is 11.0. The summed E-state index contributed by atoms with van der Waals surface area (Å²) in [6, 6.07) is 8.16. The van der Waals surface area contributed by atoms with E-state index in [1.165, 1.54) is 6.26 Å². The Hall–Kier alpha value is -1.82. The Morgan fingerprint density at radius 1 is 1.42 bits per heavy atom. The van der Waals surface area contributed by atoms with E-state index < -0.39 is 5.97 Å². The van der Waals surface area contributed by atoms with Crippen LogP contribution in [0.25, 0.3) is 0 Å². The van der Waals surface area contributed by atoms with E-state index in [0.717, 1.165) is 10.0 Å². The first-order valence-electron chi connectivity index (χ1n) is 5.80. The number of halogens is 1. The first-order valence-corrected chi connectivity index (χ1v) is 6.59. The average molecular weight is 325 g/mol. The highest BCUT2D eigenvalue weighted by atomic mass is 79.9. The van der Waals surface area contributed by atoms with Gasteiger partial charge in [0, 0.05) is 11.0 Å². The molecule has 1 aromatic heterocycles. The highest BCUT2D eigenvalue weighted by Crippen LogP contribution is 2.13. The Labute approximate surface area is 119 Å². The van der Waals surface area contributed by atoms with Crippen molar-refractivity contribution in [2.24, 2.45) is 0 Å². The Kier molecular flexibility index (Phi) is 4.57. The number of ether oxygens (including phenoxy) is 1. The second kappa shape index (κ2) is 6.38. The molecule has 0 saturated heterocycles. The van der Waals surface area contributed by atoms with Crippen LogP contribution in [-0.4, -0.2) is 17.6 Å². The Balaban J connectivity index is 1.93. The molecular formula is C13H13BrN2O3. The predicted octanol–water partition coefficient (Wildman–Crippen LogP) is 3.23. The smallest absolute Gasteiger partial charge is 0.360 e. The molecule has 0 atom stereocenters. The van der Waals surface area contributed by atoms with Crippen molar-refractivity contribution in [2.45, 2.75) is 13.5 Å². The van der Waals surface area contributed by atoms with Gasteiger partial charge in [0.1, 0.15) is 6.26 Å².